The molecule has 0 radical (unpaired) electrons. The summed E-state index contributed by atoms with van der Waals surface area (Å²) >= 11 is 0. The van der Waals surface area contributed by atoms with E-state index in [1.54, 1.807) is 19.2 Å². The van der Waals surface area contributed by atoms with Crippen molar-refractivity contribution < 1.29 is 17.9 Å². The van der Waals surface area contributed by atoms with Gasteiger partial charge in [0.25, 0.3) is 0 Å². The molecule has 3 aromatic rings. The van der Waals surface area contributed by atoms with E-state index >= 15 is 0 Å². The van der Waals surface area contributed by atoms with E-state index in [-0.39, 0.29) is 4.90 Å². The molecule has 8 heteroatoms. The summed E-state index contributed by atoms with van der Waals surface area (Å²) in [6.07, 6.45) is 0. The van der Waals surface area contributed by atoms with Gasteiger partial charge in [0.2, 0.25) is 10.0 Å². The van der Waals surface area contributed by atoms with Gasteiger partial charge in [-0.3, -0.25) is 0 Å². The van der Waals surface area contributed by atoms with E-state index in [1.807, 2.05) is 32.0 Å². The summed E-state index contributed by atoms with van der Waals surface area (Å²) in [4.78, 5) is 7.19. The molecule has 1 aliphatic heterocycles. The van der Waals surface area contributed by atoms with Crippen LogP contribution in [0.4, 0.5) is 5.82 Å². The average Bonchev–Trinajstić information content (AvgIpc) is 2.80. The monoisotopic (exact) mass is 455 g/mol. The molecule has 0 aliphatic carbocycles. The average molecular weight is 456 g/mol. The Morgan fingerprint density at radius 3 is 2.16 bits per heavy atom. The van der Waals surface area contributed by atoms with Gasteiger partial charge in [0.1, 0.15) is 27.7 Å². The maximum Gasteiger partial charge on any atom is 0.246 e. The normalized spacial score (nSPS) is 15.2. The van der Waals surface area contributed by atoms with Crippen molar-refractivity contribution >= 4 is 26.7 Å². The van der Waals surface area contributed by atoms with Crippen LogP contribution in [0.1, 0.15) is 16.7 Å². The number of anilines is 1. The summed E-state index contributed by atoms with van der Waals surface area (Å²) in [6.45, 7) is 7.78. The lowest BCUT2D eigenvalue weighted by molar-refractivity contribution is 0.373. The molecule has 170 valence electrons. The maximum atomic E-state index is 13.4. The molecule has 1 aromatic heterocycles. The Bertz CT molecular complexity index is 1270. The first kappa shape index (κ1) is 22.4. The molecule has 1 saturated heterocycles. The third kappa shape index (κ3) is 3.89. The summed E-state index contributed by atoms with van der Waals surface area (Å²) in [5.74, 6) is 1.95. The topological polar surface area (TPSA) is 72.0 Å². The fraction of sp³-hybridized carbons (Fsp3) is 0.375. The summed E-state index contributed by atoms with van der Waals surface area (Å²) in [7, 11) is -0.517. The van der Waals surface area contributed by atoms with Gasteiger partial charge in [-0.05, 0) is 61.7 Å². The number of rotatable bonds is 5. The van der Waals surface area contributed by atoms with Gasteiger partial charge in [0.05, 0.1) is 14.2 Å². The quantitative estimate of drug-likeness (QED) is 0.584. The van der Waals surface area contributed by atoms with E-state index in [1.165, 1.54) is 11.4 Å². The second kappa shape index (κ2) is 8.60. The first-order valence-electron chi connectivity index (χ1n) is 10.6. The van der Waals surface area contributed by atoms with Crippen LogP contribution < -0.4 is 14.4 Å². The van der Waals surface area contributed by atoms with E-state index in [0.717, 1.165) is 39.2 Å². The van der Waals surface area contributed by atoms with Gasteiger partial charge in [-0.2, -0.15) is 4.31 Å². The second-order valence-corrected chi connectivity index (χ2v) is 10.0. The number of hydrogen-bond donors (Lipinski definition) is 0. The molecule has 0 saturated carbocycles. The summed E-state index contributed by atoms with van der Waals surface area (Å²) < 4.78 is 39.2. The highest BCUT2D eigenvalue weighted by Crippen LogP contribution is 2.32. The van der Waals surface area contributed by atoms with Crippen molar-refractivity contribution in [2.75, 3.05) is 45.3 Å². The maximum absolute atomic E-state index is 13.4. The van der Waals surface area contributed by atoms with Crippen LogP contribution in [0.5, 0.6) is 11.5 Å². The van der Waals surface area contributed by atoms with Crippen LogP contribution in [-0.4, -0.2) is 58.1 Å². The molecule has 0 N–H and O–H groups in total. The number of sulfonamides is 1. The molecule has 0 spiro atoms. The van der Waals surface area contributed by atoms with Gasteiger partial charge in [-0.1, -0.05) is 12.1 Å². The van der Waals surface area contributed by atoms with Crippen molar-refractivity contribution in [2.24, 2.45) is 0 Å². The highest BCUT2D eigenvalue weighted by atomic mass is 32.2. The molecule has 7 nitrogen and oxygen atoms in total. The predicted octanol–water partition coefficient (Wildman–Crippen LogP) is 3.69. The number of hydrogen-bond acceptors (Lipinski definition) is 6. The van der Waals surface area contributed by atoms with Crippen LogP contribution in [0, 0.1) is 20.8 Å². The fourth-order valence-electron chi connectivity index (χ4n) is 4.12. The molecular formula is C24H29N3O4S. The summed E-state index contributed by atoms with van der Waals surface area (Å²) in [6, 6.07) is 11.4. The number of aryl methyl sites for hydroxylation is 3. The SMILES string of the molecule is COc1cc(C)c(C)cc1S(=O)(=O)N1CCN(c2cc(C)c3cccc(OC)c3n2)CC1. The largest absolute Gasteiger partial charge is 0.495 e. The second-order valence-electron chi connectivity index (χ2n) is 8.13. The van der Waals surface area contributed by atoms with Crippen LogP contribution >= 0.6 is 0 Å². The van der Waals surface area contributed by atoms with Crippen molar-refractivity contribution in [2.45, 2.75) is 25.7 Å². The number of ether oxygens (including phenoxy) is 2. The molecule has 0 amide bonds. The minimum atomic E-state index is -3.66. The van der Waals surface area contributed by atoms with Crippen LogP contribution in [0.15, 0.2) is 41.3 Å². The van der Waals surface area contributed by atoms with Crippen molar-refractivity contribution in [3.8, 4) is 11.5 Å². The van der Waals surface area contributed by atoms with E-state index in [9.17, 15) is 8.42 Å². The number of aromatic nitrogens is 1. The molecule has 4 rings (SSSR count). The number of para-hydroxylation sites is 1. The van der Waals surface area contributed by atoms with Crippen LogP contribution in [0.3, 0.4) is 0 Å². The third-order valence-corrected chi connectivity index (χ3v) is 8.10. The smallest absolute Gasteiger partial charge is 0.246 e. The number of pyridine rings is 1. The van der Waals surface area contributed by atoms with Gasteiger partial charge in [-0.25, -0.2) is 13.4 Å². The van der Waals surface area contributed by atoms with Gasteiger partial charge < -0.3 is 14.4 Å². The predicted molar refractivity (Wildman–Crippen MR) is 126 cm³/mol. The van der Waals surface area contributed by atoms with Gasteiger partial charge in [0.15, 0.2) is 0 Å². The van der Waals surface area contributed by atoms with Gasteiger partial charge in [-0.15, -0.1) is 0 Å². The van der Waals surface area contributed by atoms with Crippen LogP contribution in [0.25, 0.3) is 10.9 Å². The van der Waals surface area contributed by atoms with E-state index in [4.69, 9.17) is 14.5 Å². The standard InChI is InChI=1S/C24H29N3O4S/c1-16-13-21(31-5)22(14-17(16)2)32(28,29)27-11-9-26(10-12-27)23-15-18(3)19-7-6-8-20(30-4)24(19)25-23/h6-8,13-15H,9-12H2,1-5H3. The highest BCUT2D eigenvalue weighted by molar-refractivity contribution is 7.89. The zero-order valence-corrected chi connectivity index (χ0v) is 20.0. The van der Waals surface area contributed by atoms with Crippen molar-refractivity contribution in [1.82, 2.24) is 9.29 Å². The Kier molecular flexibility index (Phi) is 6.01. The molecule has 1 fully saturated rings. The number of fused-ring (bicyclic) bond motifs is 1. The Morgan fingerprint density at radius 1 is 0.844 bits per heavy atom. The first-order valence-corrected chi connectivity index (χ1v) is 12.0. The summed E-state index contributed by atoms with van der Waals surface area (Å²) in [5, 5.41) is 1.05. The number of methoxy groups -OCH3 is 2. The molecular weight excluding hydrogens is 426 g/mol. The summed E-state index contributed by atoms with van der Waals surface area (Å²) in [5.41, 5.74) is 3.85. The third-order valence-electron chi connectivity index (χ3n) is 6.18. The van der Waals surface area contributed by atoms with Gasteiger partial charge in [0, 0.05) is 31.6 Å². The Morgan fingerprint density at radius 2 is 1.50 bits per heavy atom. The highest BCUT2D eigenvalue weighted by Gasteiger charge is 2.31. The van der Waals surface area contributed by atoms with Gasteiger partial charge >= 0.3 is 0 Å². The van der Waals surface area contributed by atoms with Crippen LogP contribution in [-0.2, 0) is 10.0 Å². The van der Waals surface area contributed by atoms with Crippen LogP contribution in [0.2, 0.25) is 0 Å². The van der Waals surface area contributed by atoms with E-state index < -0.39 is 10.0 Å². The lowest BCUT2D eigenvalue weighted by Gasteiger charge is -2.35. The molecule has 0 bridgehead atoms. The fourth-order valence-corrected chi connectivity index (χ4v) is 5.77. The number of benzene rings is 2. The Hall–Kier alpha value is -2.84. The Labute approximate surface area is 189 Å². The van der Waals surface area contributed by atoms with Crippen molar-refractivity contribution in [1.29, 1.82) is 0 Å². The molecule has 32 heavy (non-hydrogen) atoms. The van der Waals surface area contributed by atoms with E-state index in [0.29, 0.717) is 31.9 Å². The first-order chi connectivity index (χ1) is 15.3. The molecule has 2 aromatic carbocycles. The minimum absolute atomic E-state index is 0.223. The van der Waals surface area contributed by atoms with E-state index in [2.05, 4.69) is 17.9 Å². The lowest BCUT2D eigenvalue weighted by Crippen LogP contribution is -2.49. The molecule has 2 heterocycles. The zero-order valence-electron chi connectivity index (χ0n) is 19.2. The number of piperazine rings is 1. The van der Waals surface area contributed by atoms with Crippen molar-refractivity contribution in [3.05, 3.63) is 53.1 Å². The molecule has 1 aliphatic rings. The zero-order chi connectivity index (χ0) is 23.0. The lowest BCUT2D eigenvalue weighted by atomic mass is 10.1. The minimum Gasteiger partial charge on any atom is -0.495 e. The van der Waals surface area contributed by atoms with Crippen molar-refractivity contribution in [3.63, 3.8) is 0 Å². The molecule has 0 unspecified atom stereocenters. The number of nitrogens with zero attached hydrogens (tertiary/aromatic N) is 3. The Balaban J connectivity index is 1.59. The molecule has 0 atom stereocenters.